The van der Waals surface area contributed by atoms with Crippen LogP contribution in [0.1, 0.15) is 61.5 Å². The SMILES string of the molecule is CCCCNC1CCN(C/C=C\c2ccc(C3Oc4ccccc4C(C)=C3c3cccc(O)c3)cc2)C1. The number of nitrogens with zero attached hydrogens (tertiary/aromatic N) is 1. The van der Waals surface area contributed by atoms with Gasteiger partial charge in [-0.15, -0.1) is 0 Å². The Morgan fingerprint density at radius 1 is 1.05 bits per heavy atom. The molecule has 4 nitrogen and oxygen atoms in total. The van der Waals surface area contributed by atoms with Crippen LogP contribution < -0.4 is 10.1 Å². The maximum Gasteiger partial charge on any atom is 0.150 e. The van der Waals surface area contributed by atoms with Gasteiger partial charge in [0.1, 0.15) is 17.6 Å². The third-order valence-electron chi connectivity index (χ3n) is 7.51. The fourth-order valence-electron chi connectivity index (χ4n) is 5.45. The zero-order valence-corrected chi connectivity index (χ0v) is 22.0. The van der Waals surface area contributed by atoms with E-state index in [0.717, 1.165) is 54.2 Å². The van der Waals surface area contributed by atoms with Gasteiger partial charge in [-0.05, 0) is 66.8 Å². The molecule has 1 saturated heterocycles. The van der Waals surface area contributed by atoms with Crippen LogP contribution in [0.25, 0.3) is 17.2 Å². The van der Waals surface area contributed by atoms with Crippen LogP contribution in [0.5, 0.6) is 11.5 Å². The Bertz CT molecular complexity index is 1260. The molecule has 2 N–H and O–H groups in total. The molecule has 2 unspecified atom stereocenters. The third kappa shape index (κ3) is 5.98. The number of ether oxygens (including phenoxy) is 1. The summed E-state index contributed by atoms with van der Waals surface area (Å²) in [5, 5.41) is 13.9. The maximum absolute atomic E-state index is 10.2. The fraction of sp³-hybridized carbons (Fsp3) is 0.333. The van der Waals surface area contributed by atoms with Crippen LogP contribution in [0, 0.1) is 0 Å². The van der Waals surface area contributed by atoms with Gasteiger partial charge >= 0.3 is 0 Å². The first-order valence-corrected chi connectivity index (χ1v) is 13.6. The molecule has 4 heteroatoms. The molecule has 0 spiro atoms. The minimum atomic E-state index is -0.239. The van der Waals surface area contributed by atoms with Gasteiger partial charge in [-0.3, -0.25) is 4.90 Å². The van der Waals surface area contributed by atoms with Crippen molar-refractivity contribution in [2.24, 2.45) is 0 Å². The molecule has 0 amide bonds. The molecule has 5 rings (SSSR count). The fourth-order valence-corrected chi connectivity index (χ4v) is 5.45. The number of nitrogens with one attached hydrogen (secondary N) is 1. The highest BCUT2D eigenvalue weighted by Gasteiger charge is 2.29. The lowest BCUT2D eigenvalue weighted by atomic mass is 9.86. The minimum Gasteiger partial charge on any atom is -0.508 e. The molecule has 0 aliphatic carbocycles. The van der Waals surface area contributed by atoms with Crippen molar-refractivity contribution >= 4 is 17.2 Å². The molecule has 3 aromatic carbocycles. The van der Waals surface area contributed by atoms with Gasteiger partial charge in [0, 0.05) is 36.8 Å². The van der Waals surface area contributed by atoms with Crippen LogP contribution in [0.3, 0.4) is 0 Å². The van der Waals surface area contributed by atoms with Gasteiger partial charge in [-0.25, -0.2) is 0 Å². The van der Waals surface area contributed by atoms with E-state index in [1.54, 1.807) is 6.07 Å². The van der Waals surface area contributed by atoms with E-state index >= 15 is 0 Å². The number of unbranched alkanes of at least 4 members (excludes halogenated alkanes) is 1. The van der Waals surface area contributed by atoms with Crippen LogP contribution >= 0.6 is 0 Å². The second-order valence-electron chi connectivity index (χ2n) is 10.2. The van der Waals surface area contributed by atoms with E-state index in [2.05, 4.69) is 66.5 Å². The normalized spacial score (nSPS) is 19.8. The molecule has 2 aliphatic heterocycles. The summed E-state index contributed by atoms with van der Waals surface area (Å²) in [6.45, 7) is 8.81. The number of rotatable bonds is 9. The van der Waals surface area contributed by atoms with E-state index in [1.165, 1.54) is 30.4 Å². The average molecular weight is 495 g/mol. The monoisotopic (exact) mass is 494 g/mol. The second-order valence-corrected chi connectivity index (χ2v) is 10.2. The van der Waals surface area contributed by atoms with Crippen LogP contribution in [0.2, 0.25) is 0 Å². The van der Waals surface area contributed by atoms with E-state index in [-0.39, 0.29) is 11.9 Å². The van der Waals surface area contributed by atoms with Crippen molar-refractivity contribution in [2.45, 2.75) is 45.3 Å². The number of phenolic OH excluding ortho intramolecular Hbond substituents is 1. The molecule has 3 aromatic rings. The van der Waals surface area contributed by atoms with Crippen molar-refractivity contribution in [1.29, 1.82) is 0 Å². The molecule has 1 fully saturated rings. The first-order chi connectivity index (χ1) is 18.1. The summed E-state index contributed by atoms with van der Waals surface area (Å²) in [5.41, 5.74) is 6.64. The van der Waals surface area contributed by atoms with Crippen molar-refractivity contribution in [3.8, 4) is 11.5 Å². The van der Waals surface area contributed by atoms with Gasteiger partial charge in [-0.1, -0.05) is 80.1 Å². The highest BCUT2D eigenvalue weighted by molar-refractivity contribution is 5.95. The maximum atomic E-state index is 10.2. The lowest BCUT2D eigenvalue weighted by molar-refractivity contribution is 0.260. The molecule has 2 atom stereocenters. The molecule has 2 heterocycles. The molecule has 0 radical (unpaired) electrons. The molecule has 0 saturated carbocycles. The molecule has 37 heavy (non-hydrogen) atoms. The van der Waals surface area contributed by atoms with Crippen LogP contribution in [-0.2, 0) is 0 Å². The van der Waals surface area contributed by atoms with Gasteiger partial charge in [0.2, 0.25) is 0 Å². The minimum absolute atomic E-state index is 0.239. The highest BCUT2D eigenvalue weighted by Crippen LogP contribution is 2.46. The summed E-state index contributed by atoms with van der Waals surface area (Å²) >= 11 is 0. The zero-order chi connectivity index (χ0) is 25.6. The van der Waals surface area contributed by atoms with Gasteiger partial charge in [0.05, 0.1) is 0 Å². The lowest BCUT2D eigenvalue weighted by Crippen LogP contribution is -2.33. The summed E-state index contributed by atoms with van der Waals surface area (Å²) in [4.78, 5) is 2.52. The zero-order valence-electron chi connectivity index (χ0n) is 22.0. The topological polar surface area (TPSA) is 44.7 Å². The highest BCUT2D eigenvalue weighted by atomic mass is 16.5. The third-order valence-corrected chi connectivity index (χ3v) is 7.51. The Labute approximate surface area is 221 Å². The van der Waals surface area contributed by atoms with E-state index in [9.17, 15) is 5.11 Å². The molecule has 0 bridgehead atoms. The van der Waals surface area contributed by atoms with Crippen molar-refractivity contribution in [3.63, 3.8) is 0 Å². The summed E-state index contributed by atoms with van der Waals surface area (Å²) < 4.78 is 6.56. The predicted octanol–water partition coefficient (Wildman–Crippen LogP) is 6.93. The quantitative estimate of drug-likeness (QED) is 0.317. The van der Waals surface area contributed by atoms with E-state index < -0.39 is 0 Å². The molecule has 0 aromatic heterocycles. The van der Waals surface area contributed by atoms with E-state index in [0.29, 0.717) is 6.04 Å². The number of phenols is 1. The van der Waals surface area contributed by atoms with Crippen molar-refractivity contribution in [2.75, 3.05) is 26.2 Å². The first-order valence-electron chi connectivity index (χ1n) is 13.6. The largest absolute Gasteiger partial charge is 0.508 e. The molecular formula is C33H38N2O2. The predicted molar refractivity (Wildman–Crippen MR) is 154 cm³/mol. The van der Waals surface area contributed by atoms with E-state index in [4.69, 9.17) is 4.74 Å². The Morgan fingerprint density at radius 2 is 1.89 bits per heavy atom. The number of fused-ring (bicyclic) bond motifs is 1. The Balaban J connectivity index is 1.30. The number of hydrogen-bond donors (Lipinski definition) is 2. The lowest BCUT2D eigenvalue weighted by Gasteiger charge is -2.31. The number of likely N-dealkylation sites (tertiary alicyclic amines) is 1. The smallest absolute Gasteiger partial charge is 0.150 e. The molecule has 192 valence electrons. The Kier molecular flexibility index (Phi) is 8.08. The number of allylic oxidation sites excluding steroid dienone is 1. The molecular weight excluding hydrogens is 456 g/mol. The summed E-state index contributed by atoms with van der Waals surface area (Å²) in [5.74, 6) is 1.16. The van der Waals surface area contributed by atoms with Crippen molar-refractivity contribution < 1.29 is 9.84 Å². The van der Waals surface area contributed by atoms with Crippen LogP contribution in [0.4, 0.5) is 0 Å². The number of benzene rings is 3. The standard InChI is InChI=1S/C33H38N2O2/c1-3-4-19-34-28-18-21-35(23-28)20-8-9-25-14-16-26(17-15-25)33-32(27-10-7-11-29(36)22-27)24(2)30-12-5-6-13-31(30)37-33/h5-17,22,28,33-34,36H,3-4,18-21,23H2,1-2H3/b9-8-. The number of hydrogen-bond acceptors (Lipinski definition) is 4. The number of aromatic hydroxyl groups is 1. The van der Waals surface area contributed by atoms with E-state index in [1.807, 2.05) is 36.4 Å². The summed E-state index contributed by atoms with van der Waals surface area (Å²) in [6.07, 6.45) is 8.00. The Morgan fingerprint density at radius 3 is 2.70 bits per heavy atom. The average Bonchev–Trinajstić information content (AvgIpc) is 3.37. The van der Waals surface area contributed by atoms with Crippen molar-refractivity contribution in [3.05, 3.63) is 101 Å². The van der Waals surface area contributed by atoms with Gasteiger partial charge < -0.3 is 15.2 Å². The van der Waals surface area contributed by atoms with Gasteiger partial charge in [0.25, 0.3) is 0 Å². The van der Waals surface area contributed by atoms with Gasteiger partial charge in [0.15, 0.2) is 0 Å². The summed E-state index contributed by atoms with van der Waals surface area (Å²) in [6, 6.07) is 25.0. The van der Waals surface area contributed by atoms with Crippen molar-refractivity contribution in [1.82, 2.24) is 10.2 Å². The number of para-hydroxylation sites is 1. The Hall–Kier alpha value is -3.34. The molecule has 2 aliphatic rings. The first kappa shape index (κ1) is 25.3. The van der Waals surface area contributed by atoms with Crippen LogP contribution in [0.15, 0.2) is 78.9 Å². The van der Waals surface area contributed by atoms with Crippen LogP contribution in [-0.4, -0.2) is 42.2 Å². The van der Waals surface area contributed by atoms with Gasteiger partial charge in [-0.2, -0.15) is 0 Å². The summed E-state index contributed by atoms with van der Waals surface area (Å²) in [7, 11) is 0. The second kappa shape index (κ2) is 11.8.